The first-order valence-corrected chi connectivity index (χ1v) is 8.95. The second kappa shape index (κ2) is 8.12. The largest absolute Gasteiger partial charge is 0.489 e. The van der Waals surface area contributed by atoms with E-state index in [-0.39, 0.29) is 29.8 Å². The van der Waals surface area contributed by atoms with Crippen molar-refractivity contribution < 1.29 is 24.1 Å². The minimum Gasteiger partial charge on any atom is -0.489 e. The molecule has 1 N–H and O–H groups in total. The normalized spacial score (nSPS) is 23.8. The van der Waals surface area contributed by atoms with E-state index in [4.69, 9.17) is 14.2 Å². The maximum atomic E-state index is 11.7. The molecule has 7 nitrogen and oxygen atoms in total. The predicted octanol–water partition coefficient (Wildman–Crippen LogP) is 3.43. The zero-order valence-electron chi connectivity index (χ0n) is 16.4. The molecule has 3 atom stereocenters. The summed E-state index contributed by atoms with van der Waals surface area (Å²) in [5.41, 5.74) is -0.288. The molecule has 2 rings (SSSR count). The zero-order valence-corrected chi connectivity index (χ0v) is 16.4. The lowest BCUT2D eigenvalue weighted by Crippen LogP contribution is -2.63. The fourth-order valence-electron chi connectivity index (χ4n) is 3.47. The van der Waals surface area contributed by atoms with Crippen molar-refractivity contribution in [1.29, 1.82) is 0 Å². The van der Waals surface area contributed by atoms with Crippen LogP contribution in [-0.2, 0) is 4.74 Å². The molecule has 146 valence electrons. The van der Waals surface area contributed by atoms with Crippen LogP contribution in [0.1, 0.15) is 41.0 Å². The Morgan fingerprint density at radius 2 is 2.04 bits per heavy atom. The molecule has 1 aromatic rings. The highest BCUT2D eigenvalue weighted by Crippen LogP contribution is 2.35. The fourth-order valence-corrected chi connectivity index (χ4v) is 3.47. The van der Waals surface area contributed by atoms with Crippen LogP contribution < -0.4 is 9.47 Å². The molecule has 0 radical (unpaired) electrons. The second-order valence-corrected chi connectivity index (χ2v) is 7.93. The number of hydrogen-bond acceptors (Lipinski definition) is 5. The van der Waals surface area contributed by atoms with Gasteiger partial charge >= 0.3 is 6.09 Å². The number of pyridine rings is 1. The fraction of sp³-hybridized carbons (Fsp3) is 0.684. The monoisotopic (exact) mass is 366 g/mol. The molecule has 1 saturated heterocycles. The number of piperidine rings is 1. The molecule has 0 aliphatic carbocycles. The Bertz CT molecular complexity index is 597. The Hall–Kier alpha value is -2.02. The van der Waals surface area contributed by atoms with Crippen molar-refractivity contribution in [2.75, 3.05) is 13.7 Å². The average Bonchev–Trinajstić information content (AvgIpc) is 2.54. The van der Waals surface area contributed by atoms with Gasteiger partial charge in [0.1, 0.15) is 18.0 Å². The van der Waals surface area contributed by atoms with Crippen molar-refractivity contribution >= 4 is 6.09 Å². The van der Waals surface area contributed by atoms with Gasteiger partial charge in [-0.15, -0.1) is 0 Å². The summed E-state index contributed by atoms with van der Waals surface area (Å²) in [6.07, 6.45) is 0.666. The van der Waals surface area contributed by atoms with Crippen LogP contribution in [0, 0.1) is 5.41 Å². The van der Waals surface area contributed by atoms with Crippen molar-refractivity contribution in [3.05, 3.63) is 18.3 Å². The number of aromatic nitrogens is 1. The van der Waals surface area contributed by atoms with Crippen LogP contribution in [0.15, 0.2) is 18.3 Å². The van der Waals surface area contributed by atoms with Crippen LogP contribution in [0.2, 0.25) is 0 Å². The van der Waals surface area contributed by atoms with E-state index < -0.39 is 6.09 Å². The molecule has 0 saturated carbocycles. The minimum absolute atomic E-state index is 0.0781. The second-order valence-electron chi connectivity index (χ2n) is 7.93. The van der Waals surface area contributed by atoms with Gasteiger partial charge in [0.05, 0.1) is 18.3 Å². The summed E-state index contributed by atoms with van der Waals surface area (Å²) >= 11 is 0. The number of ether oxygens (including phenoxy) is 3. The third-order valence-electron chi connectivity index (χ3n) is 4.43. The summed E-state index contributed by atoms with van der Waals surface area (Å²) in [6.45, 7) is 10.3. The zero-order chi connectivity index (χ0) is 19.5. The van der Waals surface area contributed by atoms with Crippen molar-refractivity contribution in [2.45, 2.75) is 65.4 Å². The van der Waals surface area contributed by atoms with Crippen LogP contribution in [-0.4, -0.2) is 59.1 Å². The van der Waals surface area contributed by atoms with Crippen molar-refractivity contribution in [3.63, 3.8) is 0 Å². The average molecular weight is 366 g/mol. The van der Waals surface area contributed by atoms with Gasteiger partial charge in [-0.05, 0) is 25.3 Å². The number of carbonyl (C=O) groups is 1. The molecule has 1 aromatic heterocycles. The molecule has 2 heterocycles. The van der Waals surface area contributed by atoms with E-state index in [0.29, 0.717) is 24.6 Å². The van der Waals surface area contributed by atoms with E-state index in [0.717, 1.165) is 0 Å². The predicted molar refractivity (Wildman–Crippen MR) is 97.8 cm³/mol. The molecule has 1 aliphatic heterocycles. The number of hydrogen-bond donors (Lipinski definition) is 1. The van der Waals surface area contributed by atoms with Gasteiger partial charge in [0.15, 0.2) is 0 Å². The first-order chi connectivity index (χ1) is 12.1. The van der Waals surface area contributed by atoms with Gasteiger partial charge < -0.3 is 24.2 Å². The van der Waals surface area contributed by atoms with Gasteiger partial charge in [0, 0.05) is 26.1 Å². The molecule has 1 aliphatic rings. The smallest absolute Gasteiger partial charge is 0.407 e. The Kier molecular flexibility index (Phi) is 6.34. The van der Waals surface area contributed by atoms with Crippen LogP contribution in [0.25, 0.3) is 0 Å². The quantitative estimate of drug-likeness (QED) is 0.860. The van der Waals surface area contributed by atoms with E-state index in [9.17, 15) is 9.90 Å². The van der Waals surface area contributed by atoms with Crippen molar-refractivity contribution in [2.24, 2.45) is 5.41 Å². The highest BCUT2D eigenvalue weighted by molar-refractivity contribution is 5.66. The number of likely N-dealkylation sites (tertiary alicyclic amines) is 1. The lowest BCUT2D eigenvalue weighted by molar-refractivity contribution is -0.107. The highest BCUT2D eigenvalue weighted by Gasteiger charge is 2.47. The number of methoxy groups -OCH3 is 1. The Balaban J connectivity index is 2.17. The third-order valence-corrected chi connectivity index (χ3v) is 4.43. The van der Waals surface area contributed by atoms with Gasteiger partial charge in [0.2, 0.25) is 5.88 Å². The number of carboxylic acid groups (broad SMARTS) is 1. The van der Waals surface area contributed by atoms with Gasteiger partial charge in [0.25, 0.3) is 0 Å². The molecule has 0 bridgehead atoms. The minimum atomic E-state index is -0.932. The third kappa shape index (κ3) is 4.78. The topological polar surface area (TPSA) is 81.1 Å². The maximum Gasteiger partial charge on any atom is 0.407 e. The summed E-state index contributed by atoms with van der Waals surface area (Å²) < 4.78 is 17.3. The first kappa shape index (κ1) is 20.3. The molecule has 0 spiro atoms. The summed E-state index contributed by atoms with van der Waals surface area (Å²) in [4.78, 5) is 17.4. The molecule has 0 aromatic carbocycles. The Labute approximate surface area is 155 Å². The summed E-state index contributed by atoms with van der Waals surface area (Å²) in [6, 6.07) is 3.27. The lowest BCUT2D eigenvalue weighted by Gasteiger charge is -2.48. The molecular formula is C19H30N2O5. The van der Waals surface area contributed by atoms with Gasteiger partial charge in [-0.3, -0.25) is 0 Å². The molecule has 1 fully saturated rings. The lowest BCUT2D eigenvalue weighted by atomic mass is 9.78. The van der Waals surface area contributed by atoms with Gasteiger partial charge in [-0.2, -0.15) is 0 Å². The van der Waals surface area contributed by atoms with Crippen LogP contribution in [0.4, 0.5) is 4.79 Å². The van der Waals surface area contributed by atoms with E-state index in [1.54, 1.807) is 19.4 Å². The number of amides is 1. The maximum absolute atomic E-state index is 11.7. The van der Waals surface area contributed by atoms with Crippen LogP contribution in [0.3, 0.4) is 0 Å². The van der Waals surface area contributed by atoms with Crippen LogP contribution in [0.5, 0.6) is 11.6 Å². The summed E-state index contributed by atoms with van der Waals surface area (Å²) in [5, 5.41) is 9.57. The Morgan fingerprint density at radius 3 is 2.50 bits per heavy atom. The van der Waals surface area contributed by atoms with Gasteiger partial charge in [-0.1, -0.05) is 20.8 Å². The standard InChI is InChI=1S/C19H30N2O5/c1-12(2)25-13-7-8-15(20-11-13)26-14-9-10-21(18(22)23)17(16(14)24-6)19(3,4)5/h7-8,11-12,14,16-17H,9-10H2,1-6H3,(H,22,23). The number of rotatable bonds is 5. The molecule has 1 amide bonds. The molecule has 7 heteroatoms. The SMILES string of the molecule is COC1C(Oc2ccc(OC(C)C)cn2)CCN(C(=O)O)C1C(C)(C)C. The van der Waals surface area contributed by atoms with E-state index in [1.165, 1.54) is 4.90 Å². The number of nitrogens with zero attached hydrogens (tertiary/aromatic N) is 2. The summed E-state index contributed by atoms with van der Waals surface area (Å²) in [5.74, 6) is 1.16. The van der Waals surface area contributed by atoms with Crippen molar-refractivity contribution in [1.82, 2.24) is 9.88 Å². The highest BCUT2D eigenvalue weighted by atomic mass is 16.5. The van der Waals surface area contributed by atoms with E-state index in [1.807, 2.05) is 40.7 Å². The molecule has 3 unspecified atom stereocenters. The van der Waals surface area contributed by atoms with Crippen molar-refractivity contribution in [3.8, 4) is 11.6 Å². The summed E-state index contributed by atoms with van der Waals surface area (Å²) in [7, 11) is 1.60. The van der Waals surface area contributed by atoms with E-state index in [2.05, 4.69) is 4.98 Å². The van der Waals surface area contributed by atoms with Crippen LogP contribution >= 0.6 is 0 Å². The van der Waals surface area contributed by atoms with E-state index >= 15 is 0 Å². The Morgan fingerprint density at radius 1 is 1.35 bits per heavy atom. The van der Waals surface area contributed by atoms with Gasteiger partial charge in [-0.25, -0.2) is 9.78 Å². The molecule has 26 heavy (non-hydrogen) atoms. The first-order valence-electron chi connectivity index (χ1n) is 8.95. The molecular weight excluding hydrogens is 336 g/mol.